The molecule has 0 aliphatic carbocycles. The van der Waals surface area contributed by atoms with Crippen LogP contribution in [0.15, 0.2) is 17.5 Å². The van der Waals surface area contributed by atoms with E-state index in [4.69, 9.17) is 5.26 Å². The Bertz CT molecular complexity index is 195. The third-order valence-corrected chi connectivity index (χ3v) is 1.41. The van der Waals surface area contributed by atoms with Crippen molar-refractivity contribution in [1.82, 2.24) is 4.98 Å². The molecule has 48 valence electrons. The second kappa shape index (κ2) is 2.61. The summed E-state index contributed by atoms with van der Waals surface area (Å²) < 4.78 is 0. The highest BCUT2D eigenvalue weighted by Gasteiger charge is 1.99. The number of aromatic nitrogens is 1. The fraction of sp³-hybridized carbons (Fsp3) is 0. The van der Waals surface area contributed by atoms with E-state index in [0.717, 1.165) is 0 Å². The maximum atomic E-state index is 8.07. The molecule has 0 unspecified atom stereocenters. The Balaban J connectivity index is 2.77. The van der Waals surface area contributed by atoms with Crippen molar-refractivity contribution in [3.8, 4) is 0 Å². The molecule has 0 atom stereocenters. The monoisotopic (exact) mass is 143 g/mol. The lowest BCUT2D eigenvalue weighted by molar-refractivity contribution is -0.170. The van der Waals surface area contributed by atoms with Crippen LogP contribution in [0.3, 0.4) is 0 Å². The Hall–Kier alpha value is -0.870. The molecule has 1 N–H and O–H groups in total. The van der Waals surface area contributed by atoms with Gasteiger partial charge in [0.25, 0.3) is 0 Å². The first-order valence-corrected chi connectivity index (χ1v) is 3.17. The molecule has 3 nitrogen and oxygen atoms in total. The van der Waals surface area contributed by atoms with Crippen molar-refractivity contribution in [3.63, 3.8) is 0 Å². The largest absolute Gasteiger partial charge is 0.339 e. The van der Waals surface area contributed by atoms with Crippen LogP contribution >= 0.6 is 11.3 Å². The third-order valence-electron chi connectivity index (χ3n) is 0.828. The van der Waals surface area contributed by atoms with Crippen LogP contribution in [0.4, 0.5) is 0 Å². The molecule has 1 heterocycles. The van der Waals surface area contributed by atoms with Gasteiger partial charge in [0.05, 0.1) is 5.51 Å². The van der Waals surface area contributed by atoms with Crippen LogP contribution in [-0.2, 0) is 4.89 Å². The molecule has 0 spiro atoms. The van der Waals surface area contributed by atoms with E-state index in [-0.39, 0.29) is 5.76 Å². The van der Waals surface area contributed by atoms with Crippen LogP contribution < -0.4 is 0 Å². The van der Waals surface area contributed by atoms with Gasteiger partial charge in [0, 0.05) is 5.38 Å². The molecular formula is C5H5NO2S. The molecule has 9 heavy (non-hydrogen) atoms. The van der Waals surface area contributed by atoms with E-state index in [2.05, 4.69) is 16.5 Å². The third kappa shape index (κ3) is 1.28. The first kappa shape index (κ1) is 6.25. The second-order valence-corrected chi connectivity index (χ2v) is 2.11. The molecule has 0 saturated heterocycles. The second-order valence-electron chi connectivity index (χ2n) is 1.39. The van der Waals surface area contributed by atoms with Gasteiger partial charge >= 0.3 is 0 Å². The quantitative estimate of drug-likeness (QED) is 0.388. The zero-order chi connectivity index (χ0) is 6.69. The van der Waals surface area contributed by atoms with Crippen molar-refractivity contribution >= 4 is 17.1 Å². The van der Waals surface area contributed by atoms with Crippen molar-refractivity contribution in [3.05, 3.63) is 23.2 Å². The van der Waals surface area contributed by atoms with Crippen molar-refractivity contribution in [2.45, 2.75) is 0 Å². The van der Waals surface area contributed by atoms with Crippen molar-refractivity contribution in [2.75, 3.05) is 0 Å². The Kier molecular flexibility index (Phi) is 1.81. The van der Waals surface area contributed by atoms with E-state index >= 15 is 0 Å². The molecule has 0 aromatic carbocycles. The summed E-state index contributed by atoms with van der Waals surface area (Å²) in [5, 5.41) is 9.81. The summed E-state index contributed by atoms with van der Waals surface area (Å²) in [6.45, 7) is 3.39. The average molecular weight is 143 g/mol. The highest BCUT2D eigenvalue weighted by molar-refractivity contribution is 7.07. The molecule has 1 rings (SSSR count). The van der Waals surface area contributed by atoms with E-state index in [9.17, 15) is 0 Å². The first-order valence-electron chi connectivity index (χ1n) is 2.23. The van der Waals surface area contributed by atoms with Gasteiger partial charge in [0.1, 0.15) is 5.69 Å². The lowest BCUT2D eigenvalue weighted by Gasteiger charge is -1.92. The van der Waals surface area contributed by atoms with Gasteiger partial charge in [0.15, 0.2) is 5.76 Å². The minimum atomic E-state index is 0.177. The van der Waals surface area contributed by atoms with Crippen molar-refractivity contribution in [2.24, 2.45) is 0 Å². The number of rotatable bonds is 2. The molecule has 1 aromatic heterocycles. The van der Waals surface area contributed by atoms with Crippen LogP contribution in [0, 0.1) is 0 Å². The molecule has 4 heteroatoms. The topological polar surface area (TPSA) is 42.4 Å². The molecule has 0 aliphatic rings. The highest BCUT2D eigenvalue weighted by Crippen LogP contribution is 2.11. The van der Waals surface area contributed by atoms with Crippen LogP contribution in [-0.4, -0.2) is 10.2 Å². The smallest absolute Gasteiger partial charge is 0.184 e. The van der Waals surface area contributed by atoms with Gasteiger partial charge < -0.3 is 4.89 Å². The lowest BCUT2D eigenvalue weighted by Crippen LogP contribution is -1.83. The Morgan fingerprint density at radius 1 is 1.89 bits per heavy atom. The molecule has 0 bridgehead atoms. The van der Waals surface area contributed by atoms with Gasteiger partial charge in [-0.1, -0.05) is 6.58 Å². The minimum absolute atomic E-state index is 0.177. The Labute approximate surface area is 56.2 Å². The summed E-state index contributed by atoms with van der Waals surface area (Å²) >= 11 is 1.42. The normalized spacial score (nSPS) is 9.00. The predicted octanol–water partition coefficient (Wildman–Crippen LogP) is 1.60. The Morgan fingerprint density at radius 3 is 3.11 bits per heavy atom. The van der Waals surface area contributed by atoms with Crippen LogP contribution in [0.2, 0.25) is 0 Å². The number of hydrogen-bond acceptors (Lipinski definition) is 4. The standard InChI is InChI=1S/C5H5NO2S/c1-4(8-7)5-2-9-3-6-5/h2-3,7H,1H2. The number of hydrogen-bond donors (Lipinski definition) is 1. The van der Waals surface area contributed by atoms with Gasteiger partial charge in [-0.15, -0.1) is 11.3 Å². The molecular weight excluding hydrogens is 138 g/mol. The zero-order valence-corrected chi connectivity index (χ0v) is 5.39. The fourth-order valence-electron chi connectivity index (χ4n) is 0.397. The average Bonchev–Trinajstić information content (AvgIpc) is 2.37. The van der Waals surface area contributed by atoms with E-state index < -0.39 is 0 Å². The van der Waals surface area contributed by atoms with Gasteiger partial charge in [-0.05, 0) is 0 Å². The maximum Gasteiger partial charge on any atom is 0.184 e. The van der Waals surface area contributed by atoms with E-state index in [1.54, 1.807) is 10.9 Å². The van der Waals surface area contributed by atoms with Gasteiger partial charge in [0.2, 0.25) is 0 Å². The minimum Gasteiger partial charge on any atom is -0.339 e. The van der Waals surface area contributed by atoms with Crippen molar-refractivity contribution < 1.29 is 10.1 Å². The Morgan fingerprint density at radius 2 is 2.67 bits per heavy atom. The SMILES string of the molecule is C=C(OO)c1cscn1. The summed E-state index contributed by atoms with van der Waals surface area (Å²) in [7, 11) is 0. The zero-order valence-electron chi connectivity index (χ0n) is 4.57. The van der Waals surface area contributed by atoms with Gasteiger partial charge in [-0.3, -0.25) is 0 Å². The lowest BCUT2D eigenvalue weighted by atomic mass is 10.4. The van der Waals surface area contributed by atoms with Crippen molar-refractivity contribution in [1.29, 1.82) is 0 Å². The van der Waals surface area contributed by atoms with E-state index in [0.29, 0.717) is 5.69 Å². The van der Waals surface area contributed by atoms with E-state index in [1.165, 1.54) is 11.3 Å². The molecule has 0 radical (unpaired) electrons. The first-order chi connectivity index (χ1) is 4.34. The maximum absolute atomic E-state index is 8.07. The molecule has 1 aromatic rings. The van der Waals surface area contributed by atoms with E-state index in [1.807, 2.05) is 0 Å². The fourth-order valence-corrected chi connectivity index (χ4v) is 0.953. The van der Waals surface area contributed by atoms with Gasteiger partial charge in [-0.2, -0.15) is 0 Å². The molecule has 0 fully saturated rings. The van der Waals surface area contributed by atoms with Crippen LogP contribution in [0.25, 0.3) is 5.76 Å². The molecule has 0 saturated carbocycles. The highest BCUT2D eigenvalue weighted by atomic mass is 32.1. The predicted molar refractivity (Wildman–Crippen MR) is 34.9 cm³/mol. The summed E-state index contributed by atoms with van der Waals surface area (Å²) in [6.07, 6.45) is 0. The number of thiazole rings is 1. The van der Waals surface area contributed by atoms with Crippen LogP contribution in [0.5, 0.6) is 0 Å². The number of nitrogens with zero attached hydrogens (tertiary/aromatic N) is 1. The summed E-state index contributed by atoms with van der Waals surface area (Å²) in [5.41, 5.74) is 2.21. The summed E-state index contributed by atoms with van der Waals surface area (Å²) in [4.78, 5) is 7.67. The van der Waals surface area contributed by atoms with Gasteiger partial charge in [-0.25, -0.2) is 10.2 Å². The summed E-state index contributed by atoms with van der Waals surface area (Å²) in [6, 6.07) is 0. The molecule has 0 aliphatic heterocycles. The summed E-state index contributed by atoms with van der Waals surface area (Å²) in [5.74, 6) is 0.177. The van der Waals surface area contributed by atoms with Crippen LogP contribution in [0.1, 0.15) is 5.69 Å². The molecule has 0 amide bonds.